The summed E-state index contributed by atoms with van der Waals surface area (Å²) in [6.07, 6.45) is 1.02. The van der Waals surface area contributed by atoms with E-state index in [1.165, 1.54) is 6.07 Å². The summed E-state index contributed by atoms with van der Waals surface area (Å²) in [4.78, 5) is 24.5. The second-order valence-electron chi connectivity index (χ2n) is 5.33. The summed E-state index contributed by atoms with van der Waals surface area (Å²) in [5.74, 6) is -1.40. The minimum absolute atomic E-state index is 0.0176. The fourth-order valence-electron chi connectivity index (χ4n) is 2.42. The van der Waals surface area contributed by atoms with Gasteiger partial charge in [-0.15, -0.1) is 0 Å². The molecule has 0 bridgehead atoms. The third-order valence-electron chi connectivity index (χ3n) is 3.52. The number of carbonyl (C=O) groups is 1. The zero-order valence-corrected chi connectivity index (χ0v) is 13.6. The van der Waals surface area contributed by atoms with Gasteiger partial charge >= 0.3 is 5.97 Å². The fourth-order valence-corrected chi connectivity index (χ4v) is 2.56. The molecule has 0 saturated heterocycles. The summed E-state index contributed by atoms with van der Waals surface area (Å²) in [6, 6.07) is 1.52. The van der Waals surface area contributed by atoms with Gasteiger partial charge in [0.2, 0.25) is 0 Å². The molecule has 0 amide bonds. The lowest BCUT2D eigenvalue weighted by atomic mass is 9.98. The van der Waals surface area contributed by atoms with Crippen LogP contribution in [0.5, 0.6) is 0 Å². The molecule has 0 N–H and O–H groups in total. The maximum absolute atomic E-state index is 13.9. The predicted octanol–water partition coefficient (Wildman–Crippen LogP) is 3.70. The number of aromatic nitrogens is 1. The third-order valence-corrected chi connectivity index (χ3v) is 3.98. The van der Waals surface area contributed by atoms with Gasteiger partial charge in [-0.3, -0.25) is 9.20 Å². The summed E-state index contributed by atoms with van der Waals surface area (Å²) in [6.45, 7) is 7.31. The molecule has 118 valence electrons. The monoisotopic (exact) mass is 325 g/mol. The van der Waals surface area contributed by atoms with E-state index in [1.54, 1.807) is 13.8 Å². The molecule has 6 heteroatoms. The van der Waals surface area contributed by atoms with E-state index in [0.717, 1.165) is 16.2 Å². The van der Waals surface area contributed by atoms with Gasteiger partial charge in [-0.05, 0) is 37.0 Å². The van der Waals surface area contributed by atoms with Crippen LogP contribution in [0.1, 0.15) is 48.2 Å². The summed E-state index contributed by atoms with van der Waals surface area (Å²) in [5.41, 5.74) is 1.01. The lowest BCUT2D eigenvalue weighted by molar-refractivity contribution is 0.0524. The molecule has 0 aromatic carbocycles. The average molecular weight is 326 g/mol. The van der Waals surface area contributed by atoms with Crippen LogP contribution in [0.15, 0.2) is 17.1 Å². The SMILES string of the molecule is CCOC(=O)c1cc(C(C)C)c2c(C)c(Cl)c(F)cn2c1=O. The lowest BCUT2D eigenvalue weighted by Gasteiger charge is -2.16. The van der Waals surface area contributed by atoms with Crippen molar-refractivity contribution < 1.29 is 13.9 Å². The van der Waals surface area contributed by atoms with Gasteiger partial charge in [0.25, 0.3) is 5.56 Å². The van der Waals surface area contributed by atoms with E-state index in [1.807, 2.05) is 13.8 Å². The van der Waals surface area contributed by atoms with Gasteiger partial charge in [0.15, 0.2) is 5.82 Å². The molecular formula is C16H17ClFNO3. The van der Waals surface area contributed by atoms with Gasteiger partial charge in [-0.25, -0.2) is 9.18 Å². The molecule has 0 fully saturated rings. The molecule has 0 aliphatic rings. The highest BCUT2D eigenvalue weighted by molar-refractivity contribution is 6.32. The molecule has 2 heterocycles. The molecule has 2 aromatic rings. The second kappa shape index (κ2) is 6.08. The Labute approximate surface area is 132 Å². The van der Waals surface area contributed by atoms with Crippen LogP contribution in [0.3, 0.4) is 0 Å². The molecule has 0 spiro atoms. The number of pyridine rings is 2. The highest BCUT2D eigenvalue weighted by Gasteiger charge is 2.21. The first-order valence-corrected chi connectivity index (χ1v) is 7.38. The summed E-state index contributed by atoms with van der Waals surface area (Å²) in [7, 11) is 0. The summed E-state index contributed by atoms with van der Waals surface area (Å²) in [5, 5.41) is -0.0230. The number of ether oxygens (including phenoxy) is 1. The van der Waals surface area contributed by atoms with Crippen LogP contribution in [0.25, 0.3) is 5.52 Å². The second-order valence-corrected chi connectivity index (χ2v) is 5.71. The van der Waals surface area contributed by atoms with Gasteiger partial charge in [0.05, 0.1) is 17.1 Å². The molecule has 0 aliphatic heterocycles. The van der Waals surface area contributed by atoms with Crippen molar-refractivity contribution in [1.82, 2.24) is 4.40 Å². The maximum atomic E-state index is 13.9. The van der Waals surface area contributed by atoms with Crippen LogP contribution >= 0.6 is 11.6 Å². The fraction of sp³-hybridized carbons (Fsp3) is 0.375. The number of hydrogen-bond donors (Lipinski definition) is 0. The molecule has 0 saturated carbocycles. The maximum Gasteiger partial charge on any atom is 0.343 e. The molecule has 4 nitrogen and oxygen atoms in total. The largest absolute Gasteiger partial charge is 0.462 e. The molecule has 0 radical (unpaired) electrons. The predicted molar refractivity (Wildman–Crippen MR) is 83.4 cm³/mol. The van der Waals surface area contributed by atoms with Crippen molar-refractivity contribution in [2.75, 3.05) is 6.61 Å². The molecule has 0 aliphatic carbocycles. The van der Waals surface area contributed by atoms with Crippen molar-refractivity contribution in [3.63, 3.8) is 0 Å². The first-order chi connectivity index (χ1) is 10.3. The molecule has 22 heavy (non-hydrogen) atoms. The normalized spacial score (nSPS) is 11.2. The van der Waals surface area contributed by atoms with Crippen molar-refractivity contribution in [3.05, 3.63) is 50.1 Å². The van der Waals surface area contributed by atoms with Gasteiger partial charge in [0, 0.05) is 6.20 Å². The first kappa shape index (κ1) is 16.5. The van der Waals surface area contributed by atoms with Crippen molar-refractivity contribution in [2.24, 2.45) is 0 Å². The first-order valence-electron chi connectivity index (χ1n) is 7.00. The zero-order chi connectivity index (χ0) is 16.6. The van der Waals surface area contributed by atoms with Crippen LogP contribution in [-0.2, 0) is 4.74 Å². The lowest BCUT2D eigenvalue weighted by Crippen LogP contribution is -2.25. The van der Waals surface area contributed by atoms with E-state index in [9.17, 15) is 14.0 Å². The Morgan fingerprint density at radius 1 is 1.45 bits per heavy atom. The van der Waals surface area contributed by atoms with E-state index < -0.39 is 17.3 Å². The van der Waals surface area contributed by atoms with Crippen LogP contribution in [0.2, 0.25) is 5.02 Å². The number of fused-ring (bicyclic) bond motifs is 1. The molecule has 2 rings (SSSR count). The van der Waals surface area contributed by atoms with Gasteiger partial charge < -0.3 is 4.74 Å². The number of halogens is 2. The minimum Gasteiger partial charge on any atom is -0.462 e. The van der Waals surface area contributed by atoms with E-state index in [-0.39, 0.29) is 23.1 Å². The zero-order valence-electron chi connectivity index (χ0n) is 12.9. The number of hydrogen-bond acceptors (Lipinski definition) is 3. The van der Waals surface area contributed by atoms with E-state index >= 15 is 0 Å². The molecule has 0 unspecified atom stereocenters. The van der Waals surface area contributed by atoms with Crippen LogP contribution in [-0.4, -0.2) is 17.0 Å². The summed E-state index contributed by atoms with van der Waals surface area (Å²) < 4.78 is 19.9. The number of carbonyl (C=O) groups excluding carboxylic acids is 1. The summed E-state index contributed by atoms with van der Waals surface area (Å²) >= 11 is 5.96. The van der Waals surface area contributed by atoms with Gasteiger partial charge in [-0.1, -0.05) is 25.4 Å². The number of esters is 1. The standard InChI is InChI=1S/C16H17ClFNO3/c1-5-22-16(21)11-6-10(8(2)3)14-9(4)13(17)12(18)7-19(14)15(11)20/h6-8H,5H2,1-4H3. The Bertz CT molecular complexity index is 811. The van der Waals surface area contributed by atoms with Crippen molar-refractivity contribution in [2.45, 2.75) is 33.6 Å². The Balaban J connectivity index is 2.95. The topological polar surface area (TPSA) is 47.8 Å². The molecule has 0 atom stereocenters. The van der Waals surface area contributed by atoms with Gasteiger partial charge in [0.1, 0.15) is 5.56 Å². The van der Waals surface area contributed by atoms with Crippen molar-refractivity contribution in [1.29, 1.82) is 0 Å². The highest BCUT2D eigenvalue weighted by Crippen LogP contribution is 2.29. The molecule has 2 aromatic heterocycles. The van der Waals surface area contributed by atoms with E-state index in [4.69, 9.17) is 16.3 Å². The third kappa shape index (κ3) is 2.61. The Hall–Kier alpha value is -1.88. The van der Waals surface area contributed by atoms with Gasteiger partial charge in [-0.2, -0.15) is 0 Å². The smallest absolute Gasteiger partial charge is 0.343 e. The Morgan fingerprint density at radius 2 is 2.09 bits per heavy atom. The van der Waals surface area contributed by atoms with Crippen LogP contribution < -0.4 is 5.56 Å². The number of aryl methyl sites for hydroxylation is 1. The van der Waals surface area contributed by atoms with E-state index in [2.05, 4.69) is 0 Å². The van der Waals surface area contributed by atoms with Crippen molar-refractivity contribution >= 4 is 23.1 Å². The highest BCUT2D eigenvalue weighted by atomic mass is 35.5. The minimum atomic E-state index is -0.711. The Morgan fingerprint density at radius 3 is 2.64 bits per heavy atom. The number of rotatable bonds is 3. The number of nitrogens with zero attached hydrogens (tertiary/aromatic N) is 1. The quantitative estimate of drug-likeness (QED) is 0.808. The van der Waals surface area contributed by atoms with Crippen LogP contribution in [0, 0.1) is 12.7 Å². The van der Waals surface area contributed by atoms with Crippen LogP contribution in [0.4, 0.5) is 4.39 Å². The molecular weight excluding hydrogens is 309 g/mol. The van der Waals surface area contributed by atoms with Crippen molar-refractivity contribution in [3.8, 4) is 0 Å². The average Bonchev–Trinajstić information content (AvgIpc) is 2.45. The Kier molecular flexibility index (Phi) is 4.56. The van der Waals surface area contributed by atoms with E-state index in [0.29, 0.717) is 11.1 Å².